The first-order valence-electron chi connectivity index (χ1n) is 5.72. The van der Waals surface area contributed by atoms with Gasteiger partial charge in [-0.1, -0.05) is 25.5 Å². The molecule has 1 rings (SSSR count). The summed E-state index contributed by atoms with van der Waals surface area (Å²) in [5.74, 6) is 0.720. The molecule has 0 aliphatic heterocycles. The molecule has 0 radical (unpaired) electrons. The minimum Gasteiger partial charge on any atom is -0.497 e. The van der Waals surface area contributed by atoms with E-state index in [4.69, 9.17) is 4.74 Å². The van der Waals surface area contributed by atoms with Crippen molar-refractivity contribution in [1.82, 2.24) is 5.43 Å². The highest BCUT2D eigenvalue weighted by Crippen LogP contribution is 2.10. The Morgan fingerprint density at radius 3 is 3.06 bits per heavy atom. The number of rotatable bonds is 6. The molecule has 0 bridgehead atoms. The lowest BCUT2D eigenvalue weighted by atomic mass is 10.2. The van der Waals surface area contributed by atoms with Crippen molar-refractivity contribution in [3.05, 3.63) is 29.8 Å². The molecule has 1 aromatic carbocycles. The highest BCUT2D eigenvalue weighted by molar-refractivity contribution is 5.82. The van der Waals surface area contributed by atoms with Gasteiger partial charge in [0.05, 0.1) is 13.3 Å². The van der Waals surface area contributed by atoms with Crippen LogP contribution in [0, 0.1) is 0 Å². The van der Waals surface area contributed by atoms with Crippen molar-refractivity contribution in [3.63, 3.8) is 0 Å². The van der Waals surface area contributed by atoms with Gasteiger partial charge in [0.2, 0.25) is 5.91 Å². The number of hydrazone groups is 1. The molecule has 17 heavy (non-hydrogen) atoms. The van der Waals surface area contributed by atoms with Gasteiger partial charge in [0.1, 0.15) is 5.75 Å². The number of methoxy groups -OCH3 is 1. The molecular weight excluding hydrogens is 216 g/mol. The Morgan fingerprint density at radius 1 is 1.53 bits per heavy atom. The number of amides is 1. The SMILES string of the molecule is CCCCC(=O)NN=Cc1cccc(OC)c1. The molecule has 0 aromatic heterocycles. The standard InChI is InChI=1S/C13H18N2O2/c1-3-4-8-13(16)15-14-10-11-6-5-7-12(9-11)17-2/h5-7,9-10H,3-4,8H2,1-2H3,(H,15,16). The topological polar surface area (TPSA) is 50.7 Å². The van der Waals surface area contributed by atoms with E-state index >= 15 is 0 Å². The lowest BCUT2D eigenvalue weighted by Crippen LogP contribution is -2.16. The van der Waals surface area contributed by atoms with Crippen LogP contribution in [-0.2, 0) is 4.79 Å². The summed E-state index contributed by atoms with van der Waals surface area (Å²) in [5, 5.41) is 3.89. The van der Waals surface area contributed by atoms with Crippen LogP contribution >= 0.6 is 0 Å². The molecule has 1 amide bonds. The Bertz CT molecular complexity index is 389. The number of ether oxygens (including phenoxy) is 1. The Labute approximate surface area is 102 Å². The fraction of sp³-hybridized carbons (Fsp3) is 0.385. The molecular formula is C13H18N2O2. The number of carbonyl (C=O) groups is 1. The van der Waals surface area contributed by atoms with E-state index in [0.717, 1.165) is 24.2 Å². The third-order valence-corrected chi connectivity index (χ3v) is 2.25. The van der Waals surface area contributed by atoms with Crippen LogP contribution in [0.15, 0.2) is 29.4 Å². The van der Waals surface area contributed by atoms with Crippen molar-refractivity contribution in [2.45, 2.75) is 26.2 Å². The quantitative estimate of drug-likeness (QED) is 0.606. The second-order valence-electron chi connectivity index (χ2n) is 3.67. The summed E-state index contributed by atoms with van der Waals surface area (Å²) in [6.07, 6.45) is 4.02. The number of unbranched alkanes of at least 4 members (excludes halogenated alkanes) is 1. The number of benzene rings is 1. The molecule has 0 saturated carbocycles. The van der Waals surface area contributed by atoms with Gasteiger partial charge in [-0.15, -0.1) is 0 Å². The molecule has 4 heteroatoms. The van der Waals surface area contributed by atoms with Crippen LogP contribution < -0.4 is 10.2 Å². The van der Waals surface area contributed by atoms with Crippen LogP contribution in [0.4, 0.5) is 0 Å². The van der Waals surface area contributed by atoms with Crippen LogP contribution in [0.1, 0.15) is 31.7 Å². The summed E-state index contributed by atoms with van der Waals surface area (Å²) in [5.41, 5.74) is 3.38. The van der Waals surface area contributed by atoms with E-state index in [-0.39, 0.29) is 5.91 Å². The summed E-state index contributed by atoms with van der Waals surface area (Å²) < 4.78 is 5.09. The van der Waals surface area contributed by atoms with Crippen molar-refractivity contribution in [2.24, 2.45) is 5.10 Å². The lowest BCUT2D eigenvalue weighted by molar-refractivity contribution is -0.121. The zero-order chi connectivity index (χ0) is 12.5. The zero-order valence-electron chi connectivity index (χ0n) is 10.3. The molecule has 0 unspecified atom stereocenters. The normalized spacial score (nSPS) is 10.5. The number of nitrogens with one attached hydrogen (secondary N) is 1. The predicted molar refractivity (Wildman–Crippen MR) is 68.3 cm³/mol. The summed E-state index contributed by atoms with van der Waals surface area (Å²) in [7, 11) is 1.61. The molecule has 1 N–H and O–H groups in total. The number of carbonyl (C=O) groups excluding carboxylic acids is 1. The summed E-state index contributed by atoms with van der Waals surface area (Å²) in [6.45, 7) is 2.05. The van der Waals surface area contributed by atoms with E-state index < -0.39 is 0 Å². The fourth-order valence-corrected chi connectivity index (χ4v) is 1.29. The second kappa shape index (κ2) is 7.44. The molecule has 0 spiro atoms. The molecule has 0 saturated heterocycles. The Morgan fingerprint density at radius 2 is 2.35 bits per heavy atom. The summed E-state index contributed by atoms with van der Waals surface area (Å²) in [6, 6.07) is 7.47. The third-order valence-electron chi connectivity index (χ3n) is 2.25. The Kier molecular flexibility index (Phi) is 5.79. The van der Waals surface area contributed by atoms with Gasteiger partial charge in [0.15, 0.2) is 0 Å². The molecule has 4 nitrogen and oxygen atoms in total. The molecule has 1 aromatic rings. The number of hydrogen-bond acceptors (Lipinski definition) is 3. The van der Waals surface area contributed by atoms with Crippen molar-refractivity contribution in [2.75, 3.05) is 7.11 Å². The first-order valence-corrected chi connectivity index (χ1v) is 5.72. The fourth-order valence-electron chi connectivity index (χ4n) is 1.29. The average Bonchev–Trinajstić information content (AvgIpc) is 2.36. The van der Waals surface area contributed by atoms with Gasteiger partial charge in [0, 0.05) is 6.42 Å². The average molecular weight is 234 g/mol. The minimum absolute atomic E-state index is 0.0500. The highest BCUT2D eigenvalue weighted by Gasteiger charge is 1.97. The Hall–Kier alpha value is -1.84. The van der Waals surface area contributed by atoms with Crippen molar-refractivity contribution in [3.8, 4) is 5.75 Å². The van der Waals surface area contributed by atoms with E-state index in [1.165, 1.54) is 0 Å². The lowest BCUT2D eigenvalue weighted by Gasteiger charge is -2.00. The van der Waals surface area contributed by atoms with Crippen LogP contribution in [0.3, 0.4) is 0 Å². The molecule has 0 atom stereocenters. The molecule has 0 aliphatic carbocycles. The Balaban J connectivity index is 2.44. The van der Waals surface area contributed by atoms with Crippen molar-refractivity contribution in [1.29, 1.82) is 0 Å². The van der Waals surface area contributed by atoms with Gasteiger partial charge < -0.3 is 4.74 Å². The van der Waals surface area contributed by atoms with E-state index in [1.807, 2.05) is 31.2 Å². The van der Waals surface area contributed by atoms with Gasteiger partial charge in [0.25, 0.3) is 0 Å². The minimum atomic E-state index is -0.0500. The molecule has 0 fully saturated rings. The smallest absolute Gasteiger partial charge is 0.240 e. The van der Waals surface area contributed by atoms with Crippen LogP contribution in [0.2, 0.25) is 0 Å². The number of hydrogen-bond donors (Lipinski definition) is 1. The monoisotopic (exact) mass is 234 g/mol. The largest absolute Gasteiger partial charge is 0.497 e. The van der Waals surface area contributed by atoms with Gasteiger partial charge in [-0.25, -0.2) is 5.43 Å². The van der Waals surface area contributed by atoms with Crippen LogP contribution in [0.5, 0.6) is 5.75 Å². The van der Waals surface area contributed by atoms with Crippen molar-refractivity contribution >= 4 is 12.1 Å². The number of nitrogens with zero attached hydrogens (tertiary/aromatic N) is 1. The predicted octanol–water partition coefficient (Wildman–Crippen LogP) is 2.34. The maximum absolute atomic E-state index is 11.3. The van der Waals surface area contributed by atoms with Crippen LogP contribution in [-0.4, -0.2) is 19.2 Å². The molecule has 92 valence electrons. The van der Waals surface area contributed by atoms with E-state index in [1.54, 1.807) is 13.3 Å². The maximum atomic E-state index is 11.3. The van der Waals surface area contributed by atoms with Crippen molar-refractivity contribution < 1.29 is 9.53 Å². The van der Waals surface area contributed by atoms with Gasteiger partial charge in [-0.05, 0) is 24.1 Å². The highest BCUT2D eigenvalue weighted by atomic mass is 16.5. The third kappa shape index (κ3) is 5.15. The van der Waals surface area contributed by atoms with E-state index in [2.05, 4.69) is 10.5 Å². The summed E-state index contributed by atoms with van der Waals surface area (Å²) in [4.78, 5) is 11.3. The molecule has 0 heterocycles. The second-order valence-corrected chi connectivity index (χ2v) is 3.67. The van der Waals surface area contributed by atoms with E-state index in [9.17, 15) is 4.79 Å². The zero-order valence-corrected chi connectivity index (χ0v) is 10.3. The summed E-state index contributed by atoms with van der Waals surface area (Å²) >= 11 is 0. The van der Waals surface area contributed by atoms with E-state index in [0.29, 0.717) is 6.42 Å². The van der Waals surface area contributed by atoms with Gasteiger partial charge in [-0.3, -0.25) is 4.79 Å². The van der Waals surface area contributed by atoms with Gasteiger partial charge >= 0.3 is 0 Å². The van der Waals surface area contributed by atoms with Gasteiger partial charge in [-0.2, -0.15) is 5.10 Å². The van der Waals surface area contributed by atoms with Crippen LogP contribution in [0.25, 0.3) is 0 Å². The molecule has 0 aliphatic rings. The first-order chi connectivity index (χ1) is 8.26. The first kappa shape index (κ1) is 13.2. The maximum Gasteiger partial charge on any atom is 0.240 e.